The number of carbonyl (C=O) groups is 1. The lowest BCUT2D eigenvalue weighted by atomic mass is 9.83. The van der Waals surface area contributed by atoms with Gasteiger partial charge in [0.25, 0.3) is 0 Å². The number of hydrogen-bond donors (Lipinski definition) is 0. The summed E-state index contributed by atoms with van der Waals surface area (Å²) in [6.45, 7) is 8.18. The van der Waals surface area contributed by atoms with Gasteiger partial charge in [-0.25, -0.2) is 0 Å². The van der Waals surface area contributed by atoms with Gasteiger partial charge in [0.2, 0.25) is 5.91 Å². The number of aryl methyl sites for hydroxylation is 2. The lowest BCUT2D eigenvalue weighted by Gasteiger charge is -2.29. The molecule has 1 amide bonds. The van der Waals surface area contributed by atoms with E-state index < -0.39 is 5.41 Å². The zero-order valence-corrected chi connectivity index (χ0v) is 13.3. The fourth-order valence-electron chi connectivity index (χ4n) is 2.49. The third kappa shape index (κ3) is 2.99. The van der Waals surface area contributed by atoms with Crippen molar-refractivity contribution in [2.75, 3.05) is 7.05 Å². The minimum atomic E-state index is -0.561. The molecule has 0 aliphatic rings. The van der Waals surface area contributed by atoms with Crippen LogP contribution in [0.25, 0.3) is 0 Å². The Labute approximate surface area is 125 Å². The minimum absolute atomic E-state index is 0.0775. The maximum atomic E-state index is 12.8. The average Bonchev–Trinajstić information content (AvgIpc) is 2.79. The first kappa shape index (κ1) is 15.3. The molecule has 0 radical (unpaired) electrons. The van der Waals surface area contributed by atoms with E-state index in [1.54, 1.807) is 4.90 Å². The third-order valence-corrected chi connectivity index (χ3v) is 3.95. The summed E-state index contributed by atoms with van der Waals surface area (Å²) in [6, 6.07) is 9.85. The number of hydrogen-bond acceptors (Lipinski definition) is 3. The Kier molecular flexibility index (Phi) is 4.16. The Morgan fingerprint density at radius 2 is 1.86 bits per heavy atom. The van der Waals surface area contributed by atoms with E-state index in [9.17, 15) is 4.79 Å². The molecule has 0 atom stereocenters. The Hall–Kier alpha value is -2.10. The lowest BCUT2D eigenvalue weighted by molar-refractivity contribution is -0.135. The van der Waals surface area contributed by atoms with E-state index in [-0.39, 0.29) is 5.91 Å². The number of nitrogens with zero attached hydrogens (tertiary/aromatic N) is 2. The highest BCUT2D eigenvalue weighted by atomic mass is 16.5. The Morgan fingerprint density at radius 3 is 2.38 bits per heavy atom. The molecule has 2 rings (SSSR count). The van der Waals surface area contributed by atoms with Gasteiger partial charge in [0.1, 0.15) is 5.76 Å². The molecular formula is C17H22N2O2. The number of aromatic nitrogens is 1. The highest BCUT2D eigenvalue weighted by Gasteiger charge is 2.32. The van der Waals surface area contributed by atoms with Crippen molar-refractivity contribution in [3.8, 4) is 0 Å². The van der Waals surface area contributed by atoms with Crippen molar-refractivity contribution in [1.29, 1.82) is 0 Å². The second-order valence-electron chi connectivity index (χ2n) is 5.95. The van der Waals surface area contributed by atoms with Crippen molar-refractivity contribution in [2.24, 2.45) is 0 Å². The van der Waals surface area contributed by atoms with Gasteiger partial charge in [0, 0.05) is 12.6 Å². The van der Waals surface area contributed by atoms with E-state index in [0.717, 1.165) is 22.6 Å². The largest absolute Gasteiger partial charge is 0.361 e. The van der Waals surface area contributed by atoms with E-state index in [0.29, 0.717) is 6.54 Å². The molecule has 4 heteroatoms. The van der Waals surface area contributed by atoms with Crippen molar-refractivity contribution < 1.29 is 9.32 Å². The molecule has 1 heterocycles. The molecule has 0 bridgehead atoms. The molecule has 0 spiro atoms. The van der Waals surface area contributed by atoms with Crippen LogP contribution >= 0.6 is 0 Å². The maximum absolute atomic E-state index is 12.8. The predicted octanol–water partition coefficient (Wildman–Crippen LogP) is 3.23. The molecule has 0 aliphatic heterocycles. The van der Waals surface area contributed by atoms with Gasteiger partial charge >= 0.3 is 0 Å². The number of rotatable bonds is 4. The molecule has 0 aliphatic carbocycles. The van der Waals surface area contributed by atoms with E-state index >= 15 is 0 Å². The van der Waals surface area contributed by atoms with Crippen LogP contribution in [0.4, 0.5) is 0 Å². The molecule has 4 nitrogen and oxygen atoms in total. The molecule has 0 saturated carbocycles. The smallest absolute Gasteiger partial charge is 0.232 e. The van der Waals surface area contributed by atoms with Crippen molar-refractivity contribution in [2.45, 2.75) is 39.7 Å². The summed E-state index contributed by atoms with van der Waals surface area (Å²) in [5, 5.41) is 3.94. The van der Waals surface area contributed by atoms with Crippen LogP contribution in [0.3, 0.4) is 0 Å². The van der Waals surface area contributed by atoms with Crippen LogP contribution in [0.5, 0.6) is 0 Å². The molecule has 21 heavy (non-hydrogen) atoms. The van der Waals surface area contributed by atoms with Crippen LogP contribution in [0, 0.1) is 13.8 Å². The van der Waals surface area contributed by atoms with E-state index in [1.165, 1.54) is 0 Å². The first-order chi connectivity index (χ1) is 9.84. The van der Waals surface area contributed by atoms with E-state index in [4.69, 9.17) is 4.52 Å². The second-order valence-corrected chi connectivity index (χ2v) is 5.95. The van der Waals surface area contributed by atoms with Crippen molar-refractivity contribution >= 4 is 5.91 Å². The van der Waals surface area contributed by atoms with Gasteiger partial charge in [-0.3, -0.25) is 4.79 Å². The summed E-state index contributed by atoms with van der Waals surface area (Å²) >= 11 is 0. The summed E-state index contributed by atoms with van der Waals surface area (Å²) in [5.41, 5.74) is 2.27. The van der Waals surface area contributed by atoms with Crippen molar-refractivity contribution in [1.82, 2.24) is 10.1 Å². The third-order valence-electron chi connectivity index (χ3n) is 3.95. The summed E-state index contributed by atoms with van der Waals surface area (Å²) in [5.74, 6) is 0.846. The lowest BCUT2D eigenvalue weighted by Crippen LogP contribution is -2.41. The molecule has 1 aromatic carbocycles. The van der Waals surface area contributed by atoms with Crippen molar-refractivity contribution in [3.05, 3.63) is 52.9 Å². The van der Waals surface area contributed by atoms with Crippen LogP contribution in [-0.2, 0) is 16.8 Å². The number of benzene rings is 1. The van der Waals surface area contributed by atoms with Crippen LogP contribution < -0.4 is 0 Å². The predicted molar refractivity (Wildman–Crippen MR) is 81.9 cm³/mol. The minimum Gasteiger partial charge on any atom is -0.361 e. The molecule has 0 N–H and O–H groups in total. The van der Waals surface area contributed by atoms with Gasteiger partial charge in [0.05, 0.1) is 17.7 Å². The molecular weight excluding hydrogens is 264 g/mol. The highest BCUT2D eigenvalue weighted by Crippen LogP contribution is 2.26. The Morgan fingerprint density at radius 1 is 1.24 bits per heavy atom. The molecule has 0 saturated heterocycles. The molecule has 2 aromatic rings. The normalized spacial score (nSPS) is 11.5. The summed E-state index contributed by atoms with van der Waals surface area (Å²) in [4.78, 5) is 14.5. The molecule has 0 unspecified atom stereocenters. The summed E-state index contributed by atoms with van der Waals surface area (Å²) in [7, 11) is 1.82. The van der Waals surface area contributed by atoms with Gasteiger partial charge in [-0.2, -0.15) is 0 Å². The standard InChI is InChI=1S/C17H22N2O2/c1-12-15(13(2)21-18-12)11-19(5)16(20)17(3,4)14-9-7-6-8-10-14/h6-10H,11H2,1-5H3. The Bertz CT molecular complexity index is 610. The topological polar surface area (TPSA) is 46.3 Å². The maximum Gasteiger partial charge on any atom is 0.232 e. The van der Waals surface area contributed by atoms with E-state index in [2.05, 4.69) is 5.16 Å². The highest BCUT2D eigenvalue weighted by molar-refractivity contribution is 5.87. The van der Waals surface area contributed by atoms with Gasteiger partial charge in [-0.05, 0) is 33.3 Å². The quantitative estimate of drug-likeness (QED) is 0.867. The first-order valence-corrected chi connectivity index (χ1v) is 7.07. The van der Waals surface area contributed by atoms with Gasteiger partial charge in [-0.15, -0.1) is 0 Å². The fraction of sp³-hybridized carbons (Fsp3) is 0.412. The van der Waals surface area contributed by atoms with Crippen LogP contribution in [0.2, 0.25) is 0 Å². The molecule has 0 fully saturated rings. The molecule has 1 aromatic heterocycles. The number of amides is 1. The first-order valence-electron chi connectivity index (χ1n) is 7.07. The van der Waals surface area contributed by atoms with Crippen LogP contribution in [-0.4, -0.2) is 23.0 Å². The monoisotopic (exact) mass is 286 g/mol. The zero-order chi connectivity index (χ0) is 15.6. The summed E-state index contributed by atoms with van der Waals surface area (Å²) in [6.07, 6.45) is 0. The fourth-order valence-corrected chi connectivity index (χ4v) is 2.49. The van der Waals surface area contributed by atoms with Gasteiger partial charge in [0.15, 0.2) is 0 Å². The second kappa shape index (κ2) is 5.72. The average molecular weight is 286 g/mol. The SMILES string of the molecule is Cc1noc(C)c1CN(C)C(=O)C(C)(C)c1ccccc1. The van der Waals surface area contributed by atoms with Crippen LogP contribution in [0.15, 0.2) is 34.9 Å². The van der Waals surface area contributed by atoms with Crippen molar-refractivity contribution in [3.63, 3.8) is 0 Å². The zero-order valence-electron chi connectivity index (χ0n) is 13.3. The van der Waals surface area contributed by atoms with Crippen LogP contribution in [0.1, 0.15) is 36.4 Å². The molecule has 112 valence electrons. The number of carbonyl (C=O) groups excluding carboxylic acids is 1. The van der Waals surface area contributed by atoms with E-state index in [1.807, 2.05) is 65.1 Å². The van der Waals surface area contributed by atoms with Gasteiger partial charge < -0.3 is 9.42 Å². The Balaban J connectivity index is 2.19. The number of likely N-dealkylation sites (N-methyl/N-ethyl adjacent to an activating group) is 1. The summed E-state index contributed by atoms with van der Waals surface area (Å²) < 4.78 is 5.16. The van der Waals surface area contributed by atoms with Gasteiger partial charge in [-0.1, -0.05) is 35.5 Å².